The van der Waals surface area contributed by atoms with Gasteiger partial charge in [-0.05, 0) is 37.7 Å². The van der Waals surface area contributed by atoms with E-state index in [0.717, 1.165) is 11.3 Å². The van der Waals surface area contributed by atoms with Crippen molar-refractivity contribution in [2.75, 3.05) is 13.1 Å². The summed E-state index contributed by atoms with van der Waals surface area (Å²) in [6.45, 7) is 5.24. The normalized spacial score (nSPS) is 9.89. The van der Waals surface area contributed by atoms with Crippen LogP contribution >= 0.6 is 12.2 Å². The lowest BCUT2D eigenvalue weighted by molar-refractivity contribution is 0.576. The molecule has 0 aliphatic rings. The van der Waals surface area contributed by atoms with Crippen molar-refractivity contribution in [3.8, 4) is 0 Å². The fourth-order valence-corrected chi connectivity index (χ4v) is 1.91. The third-order valence-electron chi connectivity index (χ3n) is 2.55. The van der Waals surface area contributed by atoms with E-state index in [9.17, 15) is 0 Å². The smallest absolute Gasteiger partial charge is 0.194 e. The van der Waals surface area contributed by atoms with Crippen LogP contribution in [-0.2, 0) is 6.42 Å². The highest BCUT2D eigenvalue weighted by Gasteiger charge is 2.12. The molecule has 0 bridgehead atoms. The molecule has 98 valence electrons. The van der Waals surface area contributed by atoms with Crippen molar-refractivity contribution in [1.29, 1.82) is 5.41 Å². The van der Waals surface area contributed by atoms with Gasteiger partial charge < -0.3 is 11.1 Å². The van der Waals surface area contributed by atoms with Gasteiger partial charge in [-0.3, -0.25) is 15.3 Å². The molecular weight excluding hydrogens is 246 g/mol. The van der Waals surface area contributed by atoms with Crippen LogP contribution in [0.5, 0.6) is 0 Å². The maximum absolute atomic E-state index is 7.54. The molecule has 0 saturated heterocycles. The number of rotatable bonds is 4. The topological polar surface area (TPSA) is 78.0 Å². The van der Waals surface area contributed by atoms with Crippen LogP contribution in [0.1, 0.15) is 18.2 Å². The van der Waals surface area contributed by atoms with E-state index >= 15 is 0 Å². The number of hydrogen-bond donors (Lipinski definition) is 3. The van der Waals surface area contributed by atoms with Gasteiger partial charge >= 0.3 is 0 Å². The second kappa shape index (κ2) is 6.90. The Morgan fingerprint density at radius 1 is 1.61 bits per heavy atom. The molecule has 1 rings (SSSR count). The number of nitrogens with zero attached hydrogens (tertiary/aromatic N) is 2. The van der Waals surface area contributed by atoms with Crippen LogP contribution < -0.4 is 11.1 Å². The number of guanidine groups is 1. The Bertz CT molecular complexity index is 432. The zero-order chi connectivity index (χ0) is 13.5. The van der Waals surface area contributed by atoms with Crippen LogP contribution in [-0.4, -0.2) is 34.0 Å². The van der Waals surface area contributed by atoms with E-state index in [1.54, 1.807) is 11.1 Å². The number of thiocarbonyl (C=S) groups is 1. The fourth-order valence-electron chi connectivity index (χ4n) is 1.58. The van der Waals surface area contributed by atoms with Gasteiger partial charge in [0.1, 0.15) is 0 Å². The van der Waals surface area contributed by atoms with Crippen molar-refractivity contribution in [2.45, 2.75) is 20.3 Å². The van der Waals surface area contributed by atoms with Crippen molar-refractivity contribution in [2.24, 2.45) is 5.73 Å². The molecule has 0 atom stereocenters. The number of aromatic nitrogens is 1. The maximum Gasteiger partial charge on any atom is 0.194 e. The molecule has 0 aliphatic carbocycles. The van der Waals surface area contributed by atoms with Gasteiger partial charge in [0, 0.05) is 31.4 Å². The predicted octanol–water partition coefficient (Wildman–Crippen LogP) is 1.02. The summed E-state index contributed by atoms with van der Waals surface area (Å²) in [5.74, 6) is -0.0467. The maximum atomic E-state index is 7.54. The lowest BCUT2D eigenvalue weighted by Gasteiger charge is -2.23. The molecule has 1 aromatic heterocycles. The molecule has 5 nitrogen and oxygen atoms in total. The summed E-state index contributed by atoms with van der Waals surface area (Å²) in [6.07, 6.45) is 2.47. The zero-order valence-corrected chi connectivity index (χ0v) is 11.5. The number of hydrogen-bond acceptors (Lipinski definition) is 3. The molecule has 0 radical (unpaired) electrons. The summed E-state index contributed by atoms with van der Waals surface area (Å²) in [4.78, 5) is 5.89. The van der Waals surface area contributed by atoms with Gasteiger partial charge in [-0.25, -0.2) is 0 Å². The second-order valence-corrected chi connectivity index (χ2v) is 4.28. The van der Waals surface area contributed by atoms with Crippen molar-refractivity contribution >= 4 is 23.3 Å². The van der Waals surface area contributed by atoms with Crippen LogP contribution in [0.3, 0.4) is 0 Å². The molecule has 18 heavy (non-hydrogen) atoms. The molecule has 1 aromatic rings. The highest BCUT2D eigenvalue weighted by Crippen LogP contribution is 2.05. The van der Waals surface area contributed by atoms with Gasteiger partial charge in [-0.2, -0.15) is 0 Å². The Morgan fingerprint density at radius 2 is 2.33 bits per heavy atom. The quantitative estimate of drug-likeness (QED) is 0.430. The summed E-state index contributed by atoms with van der Waals surface area (Å²) < 4.78 is 0. The molecule has 0 aliphatic heterocycles. The van der Waals surface area contributed by atoms with Crippen LogP contribution in [0.2, 0.25) is 0 Å². The minimum absolute atomic E-state index is 0.0467. The third-order valence-corrected chi connectivity index (χ3v) is 2.92. The zero-order valence-electron chi connectivity index (χ0n) is 10.7. The Hall–Kier alpha value is -1.69. The van der Waals surface area contributed by atoms with Crippen LogP contribution in [0.25, 0.3) is 0 Å². The standard InChI is InChI=1S/C12H19N5S/c1-3-15-12(18)17(11(13)14)8-6-10-9(2)5-4-7-16-10/h4-5,7H,3,6,8H2,1-2H3,(H3,13,14)(H,15,18). The summed E-state index contributed by atoms with van der Waals surface area (Å²) in [5, 5.41) is 11.0. The van der Waals surface area contributed by atoms with Gasteiger partial charge in [0.15, 0.2) is 11.1 Å². The number of nitrogens with one attached hydrogen (secondary N) is 2. The summed E-state index contributed by atoms with van der Waals surface area (Å²) >= 11 is 5.17. The van der Waals surface area contributed by atoms with E-state index in [1.807, 2.05) is 26.0 Å². The Morgan fingerprint density at radius 3 is 2.89 bits per heavy atom. The Balaban J connectivity index is 2.66. The number of aryl methyl sites for hydroxylation is 1. The van der Waals surface area contributed by atoms with Gasteiger partial charge in [0.2, 0.25) is 0 Å². The molecular formula is C12H19N5S. The first kappa shape index (κ1) is 14.4. The average Bonchev–Trinajstić information content (AvgIpc) is 2.31. The average molecular weight is 265 g/mol. The van der Waals surface area contributed by atoms with Crippen molar-refractivity contribution in [1.82, 2.24) is 15.2 Å². The van der Waals surface area contributed by atoms with Crippen LogP contribution in [0.4, 0.5) is 0 Å². The molecule has 0 unspecified atom stereocenters. The van der Waals surface area contributed by atoms with E-state index in [2.05, 4.69) is 10.3 Å². The summed E-state index contributed by atoms with van der Waals surface area (Å²) in [5.41, 5.74) is 7.67. The molecule has 4 N–H and O–H groups in total. The van der Waals surface area contributed by atoms with Crippen molar-refractivity contribution < 1.29 is 0 Å². The minimum atomic E-state index is -0.0467. The largest absolute Gasteiger partial charge is 0.370 e. The molecule has 0 spiro atoms. The Kier molecular flexibility index (Phi) is 5.51. The Labute approximate surface area is 113 Å². The van der Waals surface area contributed by atoms with E-state index in [4.69, 9.17) is 23.4 Å². The monoisotopic (exact) mass is 265 g/mol. The van der Waals surface area contributed by atoms with Gasteiger partial charge in [0.25, 0.3) is 0 Å². The minimum Gasteiger partial charge on any atom is -0.370 e. The van der Waals surface area contributed by atoms with E-state index in [-0.39, 0.29) is 5.96 Å². The fraction of sp³-hybridized carbons (Fsp3) is 0.417. The first-order valence-electron chi connectivity index (χ1n) is 5.86. The highest BCUT2D eigenvalue weighted by molar-refractivity contribution is 7.80. The van der Waals surface area contributed by atoms with Crippen molar-refractivity contribution in [3.63, 3.8) is 0 Å². The van der Waals surface area contributed by atoms with E-state index in [1.165, 1.54) is 0 Å². The SMILES string of the molecule is CCNC(=S)N(CCc1ncccc1C)C(=N)N. The number of pyridine rings is 1. The van der Waals surface area contributed by atoms with Crippen molar-refractivity contribution in [3.05, 3.63) is 29.6 Å². The highest BCUT2D eigenvalue weighted by atomic mass is 32.1. The van der Waals surface area contributed by atoms with Crippen LogP contribution in [0, 0.1) is 12.3 Å². The number of nitrogens with two attached hydrogens (primary N) is 1. The summed E-state index contributed by atoms with van der Waals surface area (Å²) in [7, 11) is 0. The molecule has 0 amide bonds. The lowest BCUT2D eigenvalue weighted by Crippen LogP contribution is -2.47. The summed E-state index contributed by atoms with van der Waals surface area (Å²) in [6, 6.07) is 3.92. The van der Waals surface area contributed by atoms with E-state index in [0.29, 0.717) is 24.6 Å². The van der Waals surface area contributed by atoms with Crippen LogP contribution in [0.15, 0.2) is 18.3 Å². The van der Waals surface area contributed by atoms with Gasteiger partial charge in [-0.1, -0.05) is 6.07 Å². The van der Waals surface area contributed by atoms with Gasteiger partial charge in [-0.15, -0.1) is 0 Å². The molecule has 0 aromatic carbocycles. The molecule has 0 fully saturated rings. The molecule has 6 heteroatoms. The van der Waals surface area contributed by atoms with Gasteiger partial charge in [0.05, 0.1) is 0 Å². The first-order chi connectivity index (χ1) is 8.56. The first-order valence-corrected chi connectivity index (χ1v) is 6.27. The molecule has 0 saturated carbocycles. The second-order valence-electron chi connectivity index (χ2n) is 3.89. The predicted molar refractivity (Wildman–Crippen MR) is 77.6 cm³/mol. The molecule has 1 heterocycles. The van der Waals surface area contributed by atoms with E-state index < -0.39 is 0 Å². The third kappa shape index (κ3) is 3.96. The lowest BCUT2D eigenvalue weighted by atomic mass is 10.1.